The van der Waals surface area contributed by atoms with Crippen molar-refractivity contribution in [2.24, 2.45) is 5.73 Å². The second-order valence-electron chi connectivity index (χ2n) is 3.68. The highest BCUT2D eigenvalue weighted by Crippen LogP contribution is 2.14. The number of nitrogens with two attached hydrogens (primary N) is 1. The normalized spacial score (nSPS) is 12.2. The highest BCUT2D eigenvalue weighted by atomic mass is 32.2. The summed E-state index contributed by atoms with van der Waals surface area (Å²) in [6.45, 7) is 1.99. The quantitative estimate of drug-likeness (QED) is 0.799. The van der Waals surface area contributed by atoms with E-state index in [0.29, 0.717) is 5.56 Å². The molecule has 0 saturated heterocycles. The second kappa shape index (κ2) is 6.55. The van der Waals surface area contributed by atoms with Gasteiger partial charge in [0.15, 0.2) is 0 Å². The molecule has 0 aliphatic rings. The molecule has 4 heteroatoms. The minimum Gasteiger partial charge on any atom is -0.465 e. The van der Waals surface area contributed by atoms with Crippen LogP contribution in [0.4, 0.5) is 0 Å². The van der Waals surface area contributed by atoms with Gasteiger partial charge in [-0.15, -0.1) is 0 Å². The number of hydrogen-bond acceptors (Lipinski definition) is 4. The van der Waals surface area contributed by atoms with Crippen molar-refractivity contribution in [1.29, 1.82) is 0 Å². The smallest absolute Gasteiger partial charge is 0.337 e. The predicted molar refractivity (Wildman–Crippen MR) is 67.6 cm³/mol. The second-order valence-corrected chi connectivity index (χ2v) is 4.71. The summed E-state index contributed by atoms with van der Waals surface area (Å²) in [5.74, 6) is 1.57. The lowest BCUT2D eigenvalue weighted by molar-refractivity contribution is 0.0601. The lowest BCUT2D eigenvalue weighted by Crippen LogP contribution is -2.17. The third-order valence-corrected chi connectivity index (χ3v) is 3.32. The average molecular weight is 239 g/mol. The zero-order valence-electron chi connectivity index (χ0n) is 9.60. The van der Waals surface area contributed by atoms with Crippen LogP contribution in [0.15, 0.2) is 24.3 Å². The highest BCUT2D eigenvalue weighted by Gasteiger charge is 2.04. The summed E-state index contributed by atoms with van der Waals surface area (Å²) in [5, 5.41) is 0. The molecular weight excluding hydrogens is 222 g/mol. The first kappa shape index (κ1) is 13.1. The van der Waals surface area contributed by atoms with E-state index in [9.17, 15) is 4.79 Å². The fourth-order valence-corrected chi connectivity index (χ4v) is 2.14. The Morgan fingerprint density at radius 1 is 1.44 bits per heavy atom. The monoisotopic (exact) mass is 239 g/mol. The first-order valence-corrected chi connectivity index (χ1v) is 6.29. The van der Waals surface area contributed by atoms with E-state index in [1.807, 2.05) is 19.1 Å². The molecule has 0 bridgehead atoms. The summed E-state index contributed by atoms with van der Waals surface area (Å²) in [6.07, 6.45) is 0. The summed E-state index contributed by atoms with van der Waals surface area (Å²) in [6, 6.07) is 7.68. The Kier molecular flexibility index (Phi) is 5.35. The van der Waals surface area contributed by atoms with Gasteiger partial charge >= 0.3 is 5.97 Å². The van der Waals surface area contributed by atoms with Crippen LogP contribution in [0.3, 0.4) is 0 Å². The lowest BCUT2D eigenvalue weighted by atomic mass is 10.1. The van der Waals surface area contributed by atoms with Crippen molar-refractivity contribution >= 4 is 17.7 Å². The van der Waals surface area contributed by atoms with Crippen molar-refractivity contribution in [3.05, 3.63) is 35.4 Å². The van der Waals surface area contributed by atoms with Crippen LogP contribution in [0.5, 0.6) is 0 Å². The molecule has 0 radical (unpaired) electrons. The molecule has 1 rings (SSSR count). The van der Waals surface area contributed by atoms with Crippen LogP contribution < -0.4 is 5.73 Å². The maximum Gasteiger partial charge on any atom is 0.337 e. The summed E-state index contributed by atoms with van der Waals surface area (Å²) in [4.78, 5) is 11.2. The van der Waals surface area contributed by atoms with Gasteiger partial charge in [-0.25, -0.2) is 4.79 Å². The van der Waals surface area contributed by atoms with Crippen LogP contribution in [-0.2, 0) is 10.5 Å². The van der Waals surface area contributed by atoms with Gasteiger partial charge in [0.2, 0.25) is 0 Å². The van der Waals surface area contributed by atoms with E-state index in [1.165, 1.54) is 12.7 Å². The fraction of sp³-hybridized carbons (Fsp3) is 0.417. The largest absolute Gasteiger partial charge is 0.465 e. The molecule has 1 aromatic rings. The first-order valence-electron chi connectivity index (χ1n) is 5.14. The van der Waals surface area contributed by atoms with Gasteiger partial charge in [0.05, 0.1) is 12.7 Å². The van der Waals surface area contributed by atoms with Gasteiger partial charge in [0, 0.05) is 17.5 Å². The number of thioether (sulfide) groups is 1. The molecule has 16 heavy (non-hydrogen) atoms. The van der Waals surface area contributed by atoms with E-state index in [-0.39, 0.29) is 12.0 Å². The Labute approximate surface area is 100 Å². The van der Waals surface area contributed by atoms with Crippen molar-refractivity contribution in [1.82, 2.24) is 0 Å². The lowest BCUT2D eigenvalue weighted by Gasteiger charge is -2.05. The molecule has 2 N–H and O–H groups in total. The molecule has 0 amide bonds. The van der Waals surface area contributed by atoms with Crippen LogP contribution in [0.2, 0.25) is 0 Å². The molecule has 88 valence electrons. The van der Waals surface area contributed by atoms with Gasteiger partial charge in [-0.05, 0) is 24.6 Å². The van der Waals surface area contributed by atoms with Crippen molar-refractivity contribution in [2.45, 2.75) is 18.7 Å². The number of carbonyl (C=O) groups is 1. The molecule has 0 aromatic heterocycles. The van der Waals surface area contributed by atoms with E-state index in [1.54, 1.807) is 23.9 Å². The Hall–Kier alpha value is -1.00. The summed E-state index contributed by atoms with van der Waals surface area (Å²) >= 11 is 1.79. The van der Waals surface area contributed by atoms with Gasteiger partial charge in [-0.1, -0.05) is 12.1 Å². The van der Waals surface area contributed by atoms with Gasteiger partial charge < -0.3 is 10.5 Å². The molecule has 0 aliphatic heterocycles. The maximum absolute atomic E-state index is 11.2. The van der Waals surface area contributed by atoms with Crippen LogP contribution >= 0.6 is 11.8 Å². The zero-order valence-corrected chi connectivity index (χ0v) is 10.4. The van der Waals surface area contributed by atoms with Crippen molar-refractivity contribution in [3.63, 3.8) is 0 Å². The van der Waals surface area contributed by atoms with Gasteiger partial charge in [0.1, 0.15) is 0 Å². The Balaban J connectivity index is 2.48. The average Bonchev–Trinajstić information content (AvgIpc) is 2.28. The standard InChI is InChI=1S/C12H17NO2S/c1-9(13)7-16-8-10-3-5-11(6-4-10)12(14)15-2/h3-6,9H,7-8,13H2,1-2H3. The van der Waals surface area contributed by atoms with E-state index in [2.05, 4.69) is 4.74 Å². The minimum atomic E-state index is -0.296. The van der Waals surface area contributed by atoms with Crippen LogP contribution in [0, 0.1) is 0 Å². The van der Waals surface area contributed by atoms with Crippen molar-refractivity contribution < 1.29 is 9.53 Å². The van der Waals surface area contributed by atoms with Gasteiger partial charge in [-0.3, -0.25) is 0 Å². The van der Waals surface area contributed by atoms with Crippen molar-refractivity contribution in [3.8, 4) is 0 Å². The minimum absolute atomic E-state index is 0.222. The molecule has 0 saturated carbocycles. The van der Waals surface area contributed by atoms with Crippen LogP contribution in [0.1, 0.15) is 22.8 Å². The molecule has 1 unspecified atom stereocenters. The van der Waals surface area contributed by atoms with E-state index < -0.39 is 0 Å². The molecule has 0 fully saturated rings. The van der Waals surface area contributed by atoms with Crippen LogP contribution in [0.25, 0.3) is 0 Å². The van der Waals surface area contributed by atoms with E-state index >= 15 is 0 Å². The van der Waals surface area contributed by atoms with Crippen molar-refractivity contribution in [2.75, 3.05) is 12.9 Å². The van der Waals surface area contributed by atoms with E-state index in [4.69, 9.17) is 5.73 Å². The number of benzene rings is 1. The highest BCUT2D eigenvalue weighted by molar-refractivity contribution is 7.98. The van der Waals surface area contributed by atoms with Gasteiger partial charge in [-0.2, -0.15) is 11.8 Å². The molecule has 1 aromatic carbocycles. The first-order chi connectivity index (χ1) is 7.63. The third kappa shape index (κ3) is 4.24. The number of ether oxygens (including phenoxy) is 1. The molecule has 0 spiro atoms. The predicted octanol–water partition coefficient (Wildman–Crippen LogP) is 2.05. The van der Waals surface area contributed by atoms with Crippen LogP contribution in [-0.4, -0.2) is 24.9 Å². The third-order valence-electron chi connectivity index (χ3n) is 2.02. The summed E-state index contributed by atoms with van der Waals surface area (Å²) in [7, 11) is 1.38. The zero-order chi connectivity index (χ0) is 12.0. The number of esters is 1. The van der Waals surface area contributed by atoms with Gasteiger partial charge in [0.25, 0.3) is 0 Å². The Bertz CT molecular complexity index is 335. The SMILES string of the molecule is COC(=O)c1ccc(CSCC(C)N)cc1. The number of methoxy groups -OCH3 is 1. The molecular formula is C12H17NO2S. The summed E-state index contributed by atoms with van der Waals surface area (Å²) < 4.78 is 4.63. The molecule has 1 atom stereocenters. The number of carbonyl (C=O) groups excluding carboxylic acids is 1. The molecule has 0 heterocycles. The Morgan fingerprint density at radius 3 is 2.56 bits per heavy atom. The fourth-order valence-electron chi connectivity index (χ4n) is 1.22. The number of rotatable bonds is 5. The molecule has 3 nitrogen and oxygen atoms in total. The maximum atomic E-state index is 11.2. The molecule has 0 aliphatic carbocycles. The Morgan fingerprint density at radius 2 is 2.06 bits per heavy atom. The summed E-state index contributed by atoms with van der Waals surface area (Å²) in [5.41, 5.74) is 7.44. The number of hydrogen-bond donors (Lipinski definition) is 1. The topological polar surface area (TPSA) is 52.3 Å². The van der Waals surface area contributed by atoms with E-state index in [0.717, 1.165) is 11.5 Å².